The molecule has 14 heavy (non-hydrogen) atoms. The molecule has 0 aliphatic rings. The van der Waals surface area contributed by atoms with Crippen LogP contribution in [-0.2, 0) is 4.79 Å². The zero-order valence-electron chi connectivity index (χ0n) is 7.83. The summed E-state index contributed by atoms with van der Waals surface area (Å²) in [4.78, 5) is 11.5. The molecule has 2 nitrogen and oxygen atoms in total. The Balaban J connectivity index is 2.70. The van der Waals surface area contributed by atoms with E-state index < -0.39 is 0 Å². The monoisotopic (exact) mass is 273 g/mol. The van der Waals surface area contributed by atoms with Crippen molar-refractivity contribution in [2.24, 2.45) is 0 Å². The van der Waals surface area contributed by atoms with Gasteiger partial charge in [0.15, 0.2) is 0 Å². The van der Waals surface area contributed by atoms with Crippen LogP contribution in [0.1, 0.15) is 13.3 Å². The highest BCUT2D eigenvalue weighted by atomic mass is 79.9. The number of halogens is 1. The van der Waals surface area contributed by atoms with Crippen molar-refractivity contribution in [3.8, 4) is 0 Å². The van der Waals surface area contributed by atoms with Gasteiger partial charge in [0.2, 0.25) is 5.91 Å². The Labute approximate surface area is 97.6 Å². The molecule has 0 heterocycles. The molecule has 1 atom stereocenters. The van der Waals surface area contributed by atoms with Gasteiger partial charge in [-0.25, -0.2) is 0 Å². The summed E-state index contributed by atoms with van der Waals surface area (Å²) in [5.41, 5.74) is 0.782. The second-order valence-corrected chi connectivity index (χ2v) is 4.37. The number of benzene rings is 1. The quantitative estimate of drug-likeness (QED) is 0.815. The maximum absolute atomic E-state index is 11.5. The third-order valence-corrected chi connectivity index (χ3v) is 3.11. The second-order valence-electron chi connectivity index (χ2n) is 2.89. The van der Waals surface area contributed by atoms with Gasteiger partial charge in [0.1, 0.15) is 0 Å². The largest absolute Gasteiger partial charge is 0.324 e. The molecule has 4 heteroatoms. The molecule has 0 aliphatic heterocycles. The first-order valence-electron chi connectivity index (χ1n) is 4.38. The molecule has 0 spiro atoms. The Morgan fingerprint density at radius 1 is 1.57 bits per heavy atom. The van der Waals surface area contributed by atoms with Crippen molar-refractivity contribution in [3.05, 3.63) is 28.7 Å². The van der Waals surface area contributed by atoms with E-state index >= 15 is 0 Å². The molecular formula is C10H12BrNOS. The first-order chi connectivity index (χ1) is 6.65. The third kappa shape index (κ3) is 3.03. The van der Waals surface area contributed by atoms with E-state index in [1.807, 2.05) is 31.2 Å². The van der Waals surface area contributed by atoms with Gasteiger partial charge < -0.3 is 5.32 Å². The second kappa shape index (κ2) is 5.41. The van der Waals surface area contributed by atoms with Crippen LogP contribution in [0.15, 0.2) is 28.7 Å². The molecule has 1 aromatic carbocycles. The highest BCUT2D eigenvalue weighted by molar-refractivity contribution is 9.10. The lowest BCUT2D eigenvalue weighted by molar-refractivity contribution is -0.115. The number of nitrogens with one attached hydrogen (secondary N) is 1. The minimum Gasteiger partial charge on any atom is -0.324 e. The lowest BCUT2D eigenvalue weighted by Crippen LogP contribution is -2.22. The molecule has 1 amide bonds. The van der Waals surface area contributed by atoms with Crippen molar-refractivity contribution >= 4 is 40.2 Å². The molecule has 0 saturated heterocycles. The molecule has 0 aliphatic carbocycles. The zero-order chi connectivity index (χ0) is 10.6. The summed E-state index contributed by atoms with van der Waals surface area (Å²) in [5.74, 6) is -0.0669. The summed E-state index contributed by atoms with van der Waals surface area (Å²) in [6.07, 6.45) is 0.722. The van der Waals surface area contributed by atoms with Crippen LogP contribution in [0.25, 0.3) is 0 Å². The number of amides is 1. The maximum Gasteiger partial charge on any atom is 0.237 e. The van der Waals surface area contributed by atoms with Crippen molar-refractivity contribution in [1.82, 2.24) is 0 Å². The summed E-state index contributed by atoms with van der Waals surface area (Å²) in [7, 11) is 0. The van der Waals surface area contributed by atoms with Gasteiger partial charge in [-0.3, -0.25) is 4.79 Å². The van der Waals surface area contributed by atoms with Crippen LogP contribution in [0.5, 0.6) is 0 Å². The maximum atomic E-state index is 11.5. The van der Waals surface area contributed by atoms with E-state index in [0.717, 1.165) is 16.6 Å². The van der Waals surface area contributed by atoms with Crippen LogP contribution >= 0.6 is 28.6 Å². The fraction of sp³-hybridized carbons (Fsp3) is 0.300. The van der Waals surface area contributed by atoms with Gasteiger partial charge in [-0.2, -0.15) is 12.6 Å². The smallest absolute Gasteiger partial charge is 0.237 e. The third-order valence-electron chi connectivity index (χ3n) is 1.82. The van der Waals surface area contributed by atoms with Crippen molar-refractivity contribution in [2.45, 2.75) is 18.6 Å². The van der Waals surface area contributed by atoms with Crippen LogP contribution in [0.3, 0.4) is 0 Å². The number of hydrogen-bond acceptors (Lipinski definition) is 2. The Morgan fingerprint density at radius 2 is 2.21 bits per heavy atom. The number of rotatable bonds is 3. The van der Waals surface area contributed by atoms with Crippen molar-refractivity contribution in [3.63, 3.8) is 0 Å². The SMILES string of the molecule is CCC(S)C(=O)Nc1ccccc1Br. The van der Waals surface area contributed by atoms with E-state index in [2.05, 4.69) is 33.9 Å². The van der Waals surface area contributed by atoms with Crippen molar-refractivity contribution in [2.75, 3.05) is 5.32 Å². The van der Waals surface area contributed by atoms with E-state index in [1.54, 1.807) is 0 Å². The van der Waals surface area contributed by atoms with Crippen LogP contribution in [-0.4, -0.2) is 11.2 Å². The number of carbonyl (C=O) groups is 1. The molecule has 1 N–H and O–H groups in total. The summed E-state index contributed by atoms with van der Waals surface area (Å²) in [6.45, 7) is 1.93. The van der Waals surface area contributed by atoms with Gasteiger partial charge >= 0.3 is 0 Å². The van der Waals surface area contributed by atoms with Crippen LogP contribution in [0.4, 0.5) is 5.69 Å². The van der Waals surface area contributed by atoms with Gasteiger partial charge in [-0.1, -0.05) is 19.1 Å². The normalized spacial score (nSPS) is 12.2. The average Bonchev–Trinajstić information content (AvgIpc) is 2.20. The first-order valence-corrected chi connectivity index (χ1v) is 5.69. The molecule has 1 unspecified atom stereocenters. The van der Waals surface area contributed by atoms with Gasteiger partial charge in [0.25, 0.3) is 0 Å². The Kier molecular flexibility index (Phi) is 4.48. The van der Waals surface area contributed by atoms with Gasteiger partial charge in [-0.15, -0.1) is 0 Å². The highest BCUT2D eigenvalue weighted by Gasteiger charge is 2.12. The van der Waals surface area contributed by atoms with E-state index in [0.29, 0.717) is 0 Å². The summed E-state index contributed by atoms with van der Waals surface area (Å²) in [6, 6.07) is 7.50. The molecule has 0 fully saturated rings. The van der Waals surface area contributed by atoms with Crippen LogP contribution in [0.2, 0.25) is 0 Å². The van der Waals surface area contributed by atoms with Gasteiger partial charge in [-0.05, 0) is 34.5 Å². The molecular weight excluding hydrogens is 262 g/mol. The Bertz CT molecular complexity index is 330. The number of thiol groups is 1. The molecule has 1 rings (SSSR count). The molecule has 1 aromatic rings. The Morgan fingerprint density at radius 3 is 2.79 bits per heavy atom. The Hall–Kier alpha value is -0.480. The molecule has 0 aromatic heterocycles. The van der Waals surface area contributed by atoms with Crippen LogP contribution < -0.4 is 5.32 Å². The average molecular weight is 274 g/mol. The van der Waals surface area contributed by atoms with Crippen molar-refractivity contribution in [1.29, 1.82) is 0 Å². The topological polar surface area (TPSA) is 29.1 Å². The predicted molar refractivity (Wildman–Crippen MR) is 65.8 cm³/mol. The minimum absolute atomic E-state index is 0.0669. The van der Waals surface area contributed by atoms with Gasteiger partial charge in [0, 0.05) is 4.47 Å². The fourth-order valence-electron chi connectivity index (χ4n) is 0.964. The van der Waals surface area contributed by atoms with E-state index in [9.17, 15) is 4.79 Å². The highest BCUT2D eigenvalue weighted by Crippen LogP contribution is 2.21. The predicted octanol–water partition coefficient (Wildman–Crippen LogP) is 3.10. The molecule has 0 saturated carbocycles. The lowest BCUT2D eigenvalue weighted by atomic mass is 10.3. The van der Waals surface area contributed by atoms with E-state index in [-0.39, 0.29) is 11.2 Å². The zero-order valence-corrected chi connectivity index (χ0v) is 10.3. The van der Waals surface area contributed by atoms with Crippen LogP contribution in [0, 0.1) is 0 Å². The summed E-state index contributed by atoms with van der Waals surface area (Å²) < 4.78 is 0.880. The lowest BCUT2D eigenvalue weighted by Gasteiger charge is -2.10. The fourth-order valence-corrected chi connectivity index (χ4v) is 1.41. The first kappa shape index (κ1) is 11.6. The number of hydrogen-bond donors (Lipinski definition) is 2. The van der Waals surface area contributed by atoms with E-state index in [1.165, 1.54) is 0 Å². The minimum atomic E-state index is -0.248. The van der Waals surface area contributed by atoms with E-state index in [4.69, 9.17) is 0 Å². The van der Waals surface area contributed by atoms with Crippen molar-refractivity contribution < 1.29 is 4.79 Å². The molecule has 0 bridgehead atoms. The number of anilines is 1. The van der Waals surface area contributed by atoms with Gasteiger partial charge in [0.05, 0.1) is 10.9 Å². The summed E-state index contributed by atoms with van der Waals surface area (Å²) in [5, 5.41) is 2.55. The summed E-state index contributed by atoms with van der Waals surface area (Å²) >= 11 is 7.52. The standard InChI is InChI=1S/C10H12BrNOS/c1-2-9(14)10(13)12-8-6-4-3-5-7(8)11/h3-6,9,14H,2H2,1H3,(H,12,13). The molecule has 0 radical (unpaired) electrons. The number of para-hydroxylation sites is 1. The number of carbonyl (C=O) groups excluding carboxylic acids is 1. The molecule has 76 valence electrons.